The summed E-state index contributed by atoms with van der Waals surface area (Å²) in [7, 11) is 0. The quantitative estimate of drug-likeness (QED) is 0.197. The molecular formula is C26H28N6OS. The maximum Gasteiger partial charge on any atom is 0.233 e. The molecule has 0 radical (unpaired) electrons. The van der Waals surface area contributed by atoms with Crippen molar-refractivity contribution >= 4 is 18.5 Å². The zero-order chi connectivity index (χ0) is 23.6. The number of carbonyl (C=O) groups is 1. The second-order valence-electron chi connectivity index (χ2n) is 8.00. The number of amides is 1. The summed E-state index contributed by atoms with van der Waals surface area (Å²) in [5, 5.41) is 20.5. The molecule has 3 N–H and O–H groups in total. The number of carbonyl (C=O) groups excluding carboxylic acids is 1. The lowest BCUT2D eigenvalue weighted by Gasteiger charge is -2.12. The number of hydrogen-bond donors (Lipinski definition) is 4. The topological polar surface area (TPSA) is 95.6 Å². The van der Waals surface area contributed by atoms with E-state index in [-0.39, 0.29) is 11.2 Å². The highest BCUT2D eigenvalue weighted by Gasteiger charge is 2.13. The Balaban J connectivity index is 1.18. The Morgan fingerprint density at radius 1 is 0.882 bits per heavy atom. The monoisotopic (exact) mass is 472 g/mol. The minimum absolute atomic E-state index is 0.0242. The Bertz CT molecular complexity index is 1170. The molecule has 0 aliphatic carbocycles. The predicted molar refractivity (Wildman–Crippen MR) is 137 cm³/mol. The van der Waals surface area contributed by atoms with Crippen molar-refractivity contribution in [3.63, 3.8) is 0 Å². The molecule has 0 bridgehead atoms. The number of rotatable bonds is 11. The van der Waals surface area contributed by atoms with Crippen molar-refractivity contribution in [2.24, 2.45) is 0 Å². The Morgan fingerprint density at radius 3 is 2.35 bits per heavy atom. The first-order valence-electron chi connectivity index (χ1n) is 11.3. The molecule has 0 aliphatic heterocycles. The summed E-state index contributed by atoms with van der Waals surface area (Å²) in [5.41, 5.74) is 5.42. The second kappa shape index (κ2) is 12.1. The van der Waals surface area contributed by atoms with Gasteiger partial charge in [-0.1, -0.05) is 78.9 Å². The van der Waals surface area contributed by atoms with Gasteiger partial charge in [-0.25, -0.2) is 0 Å². The maximum absolute atomic E-state index is 12.2. The van der Waals surface area contributed by atoms with Gasteiger partial charge in [0.05, 0.1) is 5.25 Å². The van der Waals surface area contributed by atoms with Crippen LogP contribution in [0.4, 0.5) is 0 Å². The van der Waals surface area contributed by atoms with Crippen molar-refractivity contribution in [3.8, 4) is 22.5 Å². The van der Waals surface area contributed by atoms with Crippen molar-refractivity contribution in [2.45, 2.75) is 24.6 Å². The van der Waals surface area contributed by atoms with Crippen molar-refractivity contribution in [1.82, 2.24) is 31.3 Å². The molecule has 4 rings (SSSR count). The highest BCUT2D eigenvalue weighted by Crippen LogP contribution is 2.29. The van der Waals surface area contributed by atoms with Crippen LogP contribution in [-0.4, -0.2) is 44.9 Å². The molecule has 1 heterocycles. The molecule has 0 fully saturated rings. The standard InChI is InChI=1S/C26H28N6OS/c33-26(24(34)17-19-7-2-1-3-8-19)28-16-6-15-27-18-20-11-13-21(14-12-20)22-9-4-5-10-23(22)25-29-31-32-30-25/h1-5,7-14,24,27,34H,6,15-18H2,(H,28,33)(H,29,30,31,32)/t24-/m0/s1. The van der Waals surface area contributed by atoms with Crippen LogP contribution in [0.15, 0.2) is 78.9 Å². The number of tetrazole rings is 1. The molecule has 0 spiro atoms. The summed E-state index contributed by atoms with van der Waals surface area (Å²) in [6.45, 7) is 2.21. The summed E-state index contributed by atoms with van der Waals surface area (Å²) in [4.78, 5) is 12.2. The van der Waals surface area contributed by atoms with Crippen LogP contribution in [-0.2, 0) is 17.8 Å². The van der Waals surface area contributed by atoms with Gasteiger partial charge >= 0.3 is 0 Å². The van der Waals surface area contributed by atoms with Gasteiger partial charge in [0.2, 0.25) is 11.7 Å². The van der Waals surface area contributed by atoms with E-state index in [0.29, 0.717) is 18.8 Å². The van der Waals surface area contributed by atoms with Crippen LogP contribution in [0.5, 0.6) is 0 Å². The first-order chi connectivity index (χ1) is 16.7. The molecule has 34 heavy (non-hydrogen) atoms. The molecule has 8 heteroatoms. The average molecular weight is 473 g/mol. The Morgan fingerprint density at radius 2 is 1.62 bits per heavy atom. The van der Waals surface area contributed by atoms with E-state index in [4.69, 9.17) is 0 Å². The van der Waals surface area contributed by atoms with Crippen LogP contribution in [0.1, 0.15) is 17.5 Å². The zero-order valence-corrected chi connectivity index (χ0v) is 19.7. The van der Waals surface area contributed by atoms with Gasteiger partial charge in [-0.05, 0) is 46.9 Å². The smallest absolute Gasteiger partial charge is 0.233 e. The van der Waals surface area contributed by atoms with Crippen LogP contribution in [0, 0.1) is 0 Å². The summed E-state index contributed by atoms with van der Waals surface area (Å²) in [6.07, 6.45) is 1.48. The lowest BCUT2D eigenvalue weighted by atomic mass is 9.98. The summed E-state index contributed by atoms with van der Waals surface area (Å²) < 4.78 is 0. The molecule has 3 aromatic carbocycles. The molecule has 174 valence electrons. The van der Waals surface area contributed by atoms with Gasteiger partial charge in [0.15, 0.2) is 0 Å². The fraction of sp³-hybridized carbons (Fsp3) is 0.231. The molecule has 0 saturated carbocycles. The SMILES string of the molecule is O=C(NCCCNCc1ccc(-c2ccccc2-c2nn[nH]n2)cc1)[C@@H](S)Cc1ccccc1. The first kappa shape index (κ1) is 23.7. The van der Waals surface area contributed by atoms with E-state index in [2.05, 4.69) is 74.2 Å². The number of hydrogen-bond acceptors (Lipinski definition) is 6. The van der Waals surface area contributed by atoms with Gasteiger partial charge in [-0.3, -0.25) is 4.79 Å². The van der Waals surface area contributed by atoms with Crippen molar-refractivity contribution in [1.29, 1.82) is 0 Å². The number of aromatic amines is 1. The Kier molecular flexibility index (Phi) is 8.43. The van der Waals surface area contributed by atoms with Gasteiger partial charge in [0, 0.05) is 18.7 Å². The van der Waals surface area contributed by atoms with Crippen LogP contribution >= 0.6 is 12.6 Å². The lowest BCUT2D eigenvalue weighted by Crippen LogP contribution is -2.34. The average Bonchev–Trinajstić information content (AvgIpc) is 3.42. The Labute approximate surface area is 204 Å². The molecule has 0 unspecified atom stereocenters. The van der Waals surface area contributed by atoms with Crippen molar-refractivity contribution in [2.75, 3.05) is 13.1 Å². The van der Waals surface area contributed by atoms with E-state index in [9.17, 15) is 4.79 Å². The van der Waals surface area contributed by atoms with Crippen LogP contribution in [0.3, 0.4) is 0 Å². The number of benzene rings is 3. The molecule has 1 aromatic heterocycles. The van der Waals surface area contributed by atoms with Crippen LogP contribution in [0.2, 0.25) is 0 Å². The van der Waals surface area contributed by atoms with Gasteiger partial charge in [-0.15, -0.1) is 10.2 Å². The molecule has 1 atom stereocenters. The summed E-state index contributed by atoms with van der Waals surface area (Å²) in [6, 6.07) is 26.4. The predicted octanol–water partition coefficient (Wildman–Crippen LogP) is 3.67. The maximum atomic E-state index is 12.2. The van der Waals surface area contributed by atoms with E-state index in [1.807, 2.05) is 48.5 Å². The van der Waals surface area contributed by atoms with Crippen LogP contribution < -0.4 is 10.6 Å². The van der Waals surface area contributed by atoms with E-state index in [1.165, 1.54) is 5.56 Å². The normalized spacial score (nSPS) is 11.8. The number of aromatic nitrogens is 4. The van der Waals surface area contributed by atoms with Crippen LogP contribution in [0.25, 0.3) is 22.5 Å². The third-order valence-corrected chi connectivity index (χ3v) is 5.93. The van der Waals surface area contributed by atoms with E-state index < -0.39 is 0 Å². The number of nitrogens with zero attached hydrogens (tertiary/aromatic N) is 3. The highest BCUT2D eigenvalue weighted by molar-refractivity contribution is 7.81. The number of H-pyrrole nitrogens is 1. The van der Waals surface area contributed by atoms with Gasteiger partial charge in [0.25, 0.3) is 0 Å². The summed E-state index contributed by atoms with van der Waals surface area (Å²) in [5.74, 6) is 0.557. The fourth-order valence-corrected chi connectivity index (χ4v) is 4.02. The van der Waals surface area contributed by atoms with Crippen molar-refractivity contribution in [3.05, 3.63) is 90.0 Å². The summed E-state index contributed by atoms with van der Waals surface area (Å²) >= 11 is 4.45. The highest BCUT2D eigenvalue weighted by atomic mass is 32.1. The molecular weight excluding hydrogens is 444 g/mol. The minimum atomic E-state index is -0.334. The van der Waals surface area contributed by atoms with Gasteiger partial charge in [0.1, 0.15) is 0 Å². The molecule has 4 aromatic rings. The zero-order valence-electron chi connectivity index (χ0n) is 18.8. The van der Waals surface area contributed by atoms with E-state index >= 15 is 0 Å². The van der Waals surface area contributed by atoms with E-state index in [1.54, 1.807) is 0 Å². The minimum Gasteiger partial charge on any atom is -0.355 e. The largest absolute Gasteiger partial charge is 0.355 e. The van der Waals surface area contributed by atoms with Gasteiger partial charge < -0.3 is 10.6 Å². The lowest BCUT2D eigenvalue weighted by molar-refractivity contribution is -0.120. The Hall–Kier alpha value is -3.49. The second-order valence-corrected chi connectivity index (χ2v) is 8.63. The third-order valence-electron chi connectivity index (χ3n) is 5.51. The third kappa shape index (κ3) is 6.52. The molecule has 7 nitrogen and oxygen atoms in total. The van der Waals surface area contributed by atoms with Crippen molar-refractivity contribution < 1.29 is 4.79 Å². The number of thiol groups is 1. The first-order valence-corrected chi connectivity index (χ1v) is 11.8. The molecule has 0 saturated heterocycles. The molecule has 1 amide bonds. The number of nitrogens with one attached hydrogen (secondary N) is 3. The molecule has 0 aliphatic rings. The fourth-order valence-electron chi connectivity index (χ4n) is 3.71. The van der Waals surface area contributed by atoms with Gasteiger partial charge in [-0.2, -0.15) is 17.8 Å². The van der Waals surface area contributed by atoms with E-state index in [0.717, 1.165) is 41.8 Å².